The first-order chi connectivity index (χ1) is 15.0. The van der Waals surface area contributed by atoms with Crippen molar-refractivity contribution in [1.29, 1.82) is 0 Å². The van der Waals surface area contributed by atoms with E-state index in [1.165, 1.54) is 89.9 Å². The summed E-state index contributed by atoms with van der Waals surface area (Å²) in [5, 5.41) is 0. The Bertz CT molecular complexity index is 536. The maximum atomic E-state index is 2.29. The molecule has 0 aromatic rings. The highest BCUT2D eigenvalue weighted by molar-refractivity contribution is 5.21. The smallest absolute Gasteiger partial charge is 0.0348 e. The molecule has 30 heavy (non-hydrogen) atoms. The lowest BCUT2D eigenvalue weighted by Crippen LogP contribution is -1.82. The second-order valence-corrected chi connectivity index (χ2v) is 7.99. The van der Waals surface area contributed by atoms with E-state index in [0.29, 0.717) is 0 Å². The fraction of sp³-hybridized carbons (Fsp3) is 0.467. The molecule has 1 rings (SSSR count). The van der Waals surface area contributed by atoms with Gasteiger partial charge in [0.05, 0.1) is 0 Å². The van der Waals surface area contributed by atoms with Gasteiger partial charge in [0.1, 0.15) is 0 Å². The van der Waals surface area contributed by atoms with Gasteiger partial charge in [-0.1, -0.05) is 161 Å². The molecule has 0 nitrogen and oxygen atoms in total. The predicted octanol–water partition coefficient (Wildman–Crippen LogP) is 9.91. The van der Waals surface area contributed by atoms with E-state index < -0.39 is 0 Å². The van der Waals surface area contributed by atoms with Gasteiger partial charge in [-0.3, -0.25) is 0 Å². The quantitative estimate of drug-likeness (QED) is 0.377. The van der Waals surface area contributed by atoms with Crippen LogP contribution in [0.4, 0.5) is 0 Å². The van der Waals surface area contributed by atoms with Gasteiger partial charge < -0.3 is 0 Å². The Labute approximate surface area is 187 Å². The average Bonchev–Trinajstić information content (AvgIpc) is 2.76. The van der Waals surface area contributed by atoms with Gasteiger partial charge in [-0.25, -0.2) is 0 Å². The molecule has 0 radical (unpaired) electrons. The molecule has 0 spiro atoms. The lowest BCUT2D eigenvalue weighted by atomic mass is 10.0. The molecule has 0 fully saturated rings. The van der Waals surface area contributed by atoms with Crippen molar-refractivity contribution in [2.24, 2.45) is 0 Å². The van der Waals surface area contributed by atoms with Crippen molar-refractivity contribution in [3.63, 3.8) is 0 Å². The third kappa shape index (κ3) is 20.6. The van der Waals surface area contributed by atoms with Gasteiger partial charge in [-0.2, -0.15) is 0 Å². The molecule has 0 N–H and O–H groups in total. The van der Waals surface area contributed by atoms with Crippen LogP contribution in [0.2, 0.25) is 0 Å². The standard InChI is InChI=1S/C30H44/c1-2-4-6-8-10-12-14-16-18-20-22-24-26-28-30-29-27-25-23-21-19-17-15-13-11-9-7-5-3-1/h1-16H,17-30H2. The van der Waals surface area contributed by atoms with Crippen LogP contribution in [0.15, 0.2) is 97.2 Å². The molecule has 0 aliphatic heterocycles. The van der Waals surface area contributed by atoms with E-state index in [2.05, 4.69) is 85.1 Å². The molecule has 0 atom stereocenters. The van der Waals surface area contributed by atoms with Crippen LogP contribution < -0.4 is 0 Å². The third-order valence-corrected chi connectivity index (χ3v) is 5.21. The number of allylic oxidation sites excluding steroid dienone is 16. The van der Waals surface area contributed by atoms with Gasteiger partial charge in [0, 0.05) is 0 Å². The minimum Gasteiger partial charge on any atom is -0.0845 e. The maximum Gasteiger partial charge on any atom is -0.0348 e. The average molecular weight is 405 g/mol. The fourth-order valence-electron chi connectivity index (χ4n) is 3.41. The van der Waals surface area contributed by atoms with Crippen LogP contribution in [0.25, 0.3) is 0 Å². The van der Waals surface area contributed by atoms with Crippen molar-refractivity contribution in [1.82, 2.24) is 0 Å². The van der Waals surface area contributed by atoms with E-state index in [9.17, 15) is 0 Å². The molecule has 0 heteroatoms. The minimum atomic E-state index is 1.21. The van der Waals surface area contributed by atoms with E-state index in [-0.39, 0.29) is 0 Å². The lowest BCUT2D eigenvalue weighted by molar-refractivity contribution is 0.542. The van der Waals surface area contributed by atoms with Gasteiger partial charge in [-0.15, -0.1) is 0 Å². The number of hydrogen-bond acceptors (Lipinski definition) is 0. The van der Waals surface area contributed by atoms with Crippen LogP contribution in [-0.4, -0.2) is 0 Å². The van der Waals surface area contributed by atoms with Gasteiger partial charge in [0.2, 0.25) is 0 Å². The zero-order valence-electron chi connectivity index (χ0n) is 19.1. The van der Waals surface area contributed by atoms with Crippen molar-refractivity contribution >= 4 is 0 Å². The first kappa shape index (κ1) is 26.0. The Balaban J connectivity index is 2.33. The summed E-state index contributed by atoms with van der Waals surface area (Å²) in [6.45, 7) is 0. The highest BCUT2D eigenvalue weighted by atomic mass is 14.0. The zero-order chi connectivity index (χ0) is 21.2. The molecule has 1 aliphatic rings. The Kier molecular flexibility index (Phi) is 20.1. The first-order valence-electron chi connectivity index (χ1n) is 12.3. The predicted molar refractivity (Wildman–Crippen MR) is 138 cm³/mol. The molecule has 0 saturated carbocycles. The van der Waals surface area contributed by atoms with Crippen molar-refractivity contribution in [2.45, 2.75) is 89.9 Å². The SMILES string of the molecule is C1=CC=CC=CC=CCCCCCCCCCCCCCCC=CC=CC=CC=C1. The largest absolute Gasteiger partial charge is 0.0845 e. The molecule has 1 aliphatic carbocycles. The van der Waals surface area contributed by atoms with Gasteiger partial charge in [0.15, 0.2) is 0 Å². The monoisotopic (exact) mass is 404 g/mol. The Morgan fingerprint density at radius 3 is 0.667 bits per heavy atom. The summed E-state index contributed by atoms with van der Waals surface area (Å²) in [5.74, 6) is 0. The highest BCUT2D eigenvalue weighted by Crippen LogP contribution is 2.13. The Morgan fingerprint density at radius 1 is 0.200 bits per heavy atom. The van der Waals surface area contributed by atoms with E-state index in [4.69, 9.17) is 0 Å². The van der Waals surface area contributed by atoms with E-state index in [1.54, 1.807) is 0 Å². The lowest BCUT2D eigenvalue weighted by Gasteiger charge is -2.02. The molecular formula is C30H44. The first-order valence-corrected chi connectivity index (χ1v) is 12.3. The van der Waals surface area contributed by atoms with Crippen molar-refractivity contribution < 1.29 is 0 Å². The van der Waals surface area contributed by atoms with Crippen LogP contribution in [-0.2, 0) is 0 Å². The third-order valence-electron chi connectivity index (χ3n) is 5.21. The molecule has 0 aromatic heterocycles. The minimum absolute atomic E-state index is 1.21. The van der Waals surface area contributed by atoms with Crippen LogP contribution in [0.1, 0.15) is 89.9 Å². The van der Waals surface area contributed by atoms with Crippen LogP contribution in [0.5, 0.6) is 0 Å². The number of rotatable bonds is 0. The summed E-state index contributed by atoms with van der Waals surface area (Å²) in [5.41, 5.74) is 0. The summed E-state index contributed by atoms with van der Waals surface area (Å²) < 4.78 is 0. The molecular weight excluding hydrogens is 360 g/mol. The van der Waals surface area contributed by atoms with E-state index in [1.807, 2.05) is 12.2 Å². The van der Waals surface area contributed by atoms with Gasteiger partial charge >= 0.3 is 0 Å². The zero-order valence-corrected chi connectivity index (χ0v) is 19.1. The summed E-state index contributed by atoms with van der Waals surface area (Å²) in [6, 6.07) is 0. The highest BCUT2D eigenvalue weighted by Gasteiger charge is 1.93. The summed E-state index contributed by atoms with van der Waals surface area (Å²) in [7, 11) is 0. The number of hydrogen-bond donors (Lipinski definition) is 0. The molecule has 0 heterocycles. The molecule has 0 aromatic carbocycles. The maximum absolute atomic E-state index is 2.29. The summed E-state index contributed by atoms with van der Waals surface area (Å²) in [4.78, 5) is 0. The molecule has 0 saturated heterocycles. The van der Waals surface area contributed by atoms with Crippen molar-refractivity contribution in [3.8, 4) is 0 Å². The molecule has 0 unspecified atom stereocenters. The topological polar surface area (TPSA) is 0 Å². The summed E-state index contributed by atoms with van der Waals surface area (Å²) >= 11 is 0. The molecule has 0 amide bonds. The normalized spacial score (nSPS) is 19.7. The second kappa shape index (κ2) is 23.2. The summed E-state index contributed by atoms with van der Waals surface area (Å²) in [6.07, 6.45) is 53.0. The van der Waals surface area contributed by atoms with Crippen LogP contribution >= 0.6 is 0 Å². The van der Waals surface area contributed by atoms with E-state index >= 15 is 0 Å². The Hall–Kier alpha value is -2.08. The van der Waals surface area contributed by atoms with Crippen LogP contribution in [0, 0.1) is 0 Å². The molecule has 0 bridgehead atoms. The van der Waals surface area contributed by atoms with E-state index in [0.717, 1.165) is 0 Å². The van der Waals surface area contributed by atoms with Gasteiger partial charge in [0.25, 0.3) is 0 Å². The van der Waals surface area contributed by atoms with Crippen molar-refractivity contribution in [3.05, 3.63) is 97.2 Å². The van der Waals surface area contributed by atoms with Gasteiger partial charge in [-0.05, 0) is 25.7 Å². The molecule has 164 valence electrons. The Morgan fingerprint density at radius 2 is 0.400 bits per heavy atom. The van der Waals surface area contributed by atoms with Crippen molar-refractivity contribution in [2.75, 3.05) is 0 Å². The fourth-order valence-corrected chi connectivity index (χ4v) is 3.41. The van der Waals surface area contributed by atoms with Crippen LogP contribution in [0.3, 0.4) is 0 Å². The second-order valence-electron chi connectivity index (χ2n) is 7.99.